The summed E-state index contributed by atoms with van der Waals surface area (Å²) in [4.78, 5) is 15.3. The zero-order valence-electron chi connectivity index (χ0n) is 12.1. The van der Waals surface area contributed by atoms with Gasteiger partial charge in [-0.25, -0.2) is 4.98 Å². The average molecular weight is 311 g/mol. The molecule has 1 heterocycles. The Bertz CT molecular complexity index is 656. The first-order chi connectivity index (χ1) is 10.1. The number of aromatic nitrogens is 1. The molecule has 0 atom stereocenters. The van der Waals surface area contributed by atoms with Gasteiger partial charge in [0, 0.05) is 12.6 Å². The number of fused-ring (bicyclic) bond motifs is 1. The number of nitro groups is 1. The Kier molecular flexibility index (Phi) is 4.79. The fourth-order valence-corrected chi connectivity index (χ4v) is 3.01. The fraction of sp³-hybridized carbons (Fsp3) is 0.462. The summed E-state index contributed by atoms with van der Waals surface area (Å²) >= 11 is 1.23. The molecule has 2 aromatic rings. The molecule has 2 rings (SSSR count). The summed E-state index contributed by atoms with van der Waals surface area (Å²) in [6, 6.07) is 1.54. The van der Waals surface area contributed by atoms with Gasteiger partial charge < -0.3 is 14.8 Å². The van der Waals surface area contributed by atoms with E-state index in [1.54, 1.807) is 13.0 Å². The van der Waals surface area contributed by atoms with E-state index in [-0.39, 0.29) is 11.4 Å². The molecule has 0 radical (unpaired) electrons. The third kappa shape index (κ3) is 2.99. The van der Waals surface area contributed by atoms with Gasteiger partial charge in [0.25, 0.3) is 0 Å². The molecule has 0 fully saturated rings. The number of nitro benzene ring substituents is 1. The number of ether oxygens (including phenoxy) is 2. The van der Waals surface area contributed by atoms with Crippen LogP contribution in [0, 0.1) is 10.1 Å². The summed E-state index contributed by atoms with van der Waals surface area (Å²) < 4.78 is 11.4. The number of hydrogen-bond donors (Lipinski definition) is 1. The molecule has 1 aromatic heterocycles. The van der Waals surface area contributed by atoms with Crippen LogP contribution < -0.4 is 14.8 Å². The van der Waals surface area contributed by atoms with Crippen LogP contribution in [0.5, 0.6) is 11.5 Å². The zero-order valence-corrected chi connectivity index (χ0v) is 13.0. The van der Waals surface area contributed by atoms with Crippen LogP contribution in [-0.2, 0) is 0 Å². The minimum absolute atomic E-state index is 0.0584. The molecule has 114 valence electrons. The van der Waals surface area contributed by atoms with E-state index >= 15 is 0 Å². The Morgan fingerprint density at radius 3 is 2.52 bits per heavy atom. The Balaban J connectivity index is 2.71. The van der Waals surface area contributed by atoms with Gasteiger partial charge in [-0.05, 0) is 20.8 Å². The second-order valence-electron chi connectivity index (χ2n) is 4.07. The summed E-state index contributed by atoms with van der Waals surface area (Å²) in [5.41, 5.74) is 0.435. The second-order valence-corrected chi connectivity index (χ2v) is 5.07. The summed E-state index contributed by atoms with van der Waals surface area (Å²) in [6.07, 6.45) is 0. The molecule has 8 heteroatoms. The summed E-state index contributed by atoms with van der Waals surface area (Å²) in [6.45, 7) is 7.06. The van der Waals surface area contributed by atoms with E-state index in [4.69, 9.17) is 9.47 Å². The van der Waals surface area contributed by atoms with Crippen LogP contribution in [0.1, 0.15) is 20.8 Å². The number of nitrogens with zero attached hydrogens (tertiary/aromatic N) is 2. The average Bonchev–Trinajstić information content (AvgIpc) is 2.83. The third-order valence-electron chi connectivity index (χ3n) is 2.68. The van der Waals surface area contributed by atoms with Crippen molar-refractivity contribution < 1.29 is 14.4 Å². The van der Waals surface area contributed by atoms with E-state index in [0.717, 1.165) is 0 Å². The van der Waals surface area contributed by atoms with E-state index in [0.29, 0.717) is 40.9 Å². The summed E-state index contributed by atoms with van der Waals surface area (Å²) in [5.74, 6) is 0.715. The van der Waals surface area contributed by atoms with Crippen molar-refractivity contribution >= 4 is 32.4 Å². The molecule has 0 aliphatic heterocycles. The Labute approximate surface area is 126 Å². The SMILES string of the molecule is CCNc1nc2c(OCC)cc(OCC)c([N+](=O)[O-])c2s1. The molecule has 0 aliphatic rings. The minimum Gasteiger partial charge on any atom is -0.491 e. The highest BCUT2D eigenvalue weighted by Crippen LogP contribution is 2.45. The number of anilines is 1. The van der Waals surface area contributed by atoms with Crippen molar-refractivity contribution in [2.45, 2.75) is 20.8 Å². The van der Waals surface area contributed by atoms with Crippen molar-refractivity contribution in [3.8, 4) is 11.5 Å². The van der Waals surface area contributed by atoms with Crippen molar-refractivity contribution in [3.05, 3.63) is 16.2 Å². The number of thiazole rings is 1. The lowest BCUT2D eigenvalue weighted by Crippen LogP contribution is -2.00. The third-order valence-corrected chi connectivity index (χ3v) is 3.70. The van der Waals surface area contributed by atoms with Gasteiger partial charge in [0.15, 0.2) is 10.9 Å². The van der Waals surface area contributed by atoms with Gasteiger partial charge in [0.2, 0.25) is 5.75 Å². The molecule has 0 saturated heterocycles. The molecule has 0 bridgehead atoms. The van der Waals surface area contributed by atoms with Crippen LogP contribution in [0.25, 0.3) is 10.2 Å². The van der Waals surface area contributed by atoms with Crippen molar-refractivity contribution in [1.29, 1.82) is 0 Å². The smallest absolute Gasteiger partial charge is 0.330 e. The molecule has 7 nitrogen and oxygen atoms in total. The maximum Gasteiger partial charge on any atom is 0.330 e. The maximum atomic E-state index is 11.4. The first-order valence-electron chi connectivity index (χ1n) is 6.73. The molecule has 1 aromatic carbocycles. The van der Waals surface area contributed by atoms with Gasteiger partial charge in [-0.1, -0.05) is 11.3 Å². The first kappa shape index (κ1) is 15.3. The molecular weight excluding hydrogens is 294 g/mol. The van der Waals surface area contributed by atoms with E-state index in [1.165, 1.54) is 11.3 Å². The predicted octanol–water partition coefficient (Wildman–Crippen LogP) is 3.43. The van der Waals surface area contributed by atoms with Crippen LogP contribution in [0.15, 0.2) is 6.07 Å². The fourth-order valence-electron chi connectivity index (χ4n) is 1.95. The molecule has 21 heavy (non-hydrogen) atoms. The van der Waals surface area contributed by atoms with Crippen molar-refractivity contribution in [2.24, 2.45) is 0 Å². The lowest BCUT2D eigenvalue weighted by Gasteiger charge is -2.08. The van der Waals surface area contributed by atoms with Gasteiger partial charge in [0.1, 0.15) is 10.2 Å². The van der Waals surface area contributed by atoms with E-state index < -0.39 is 4.92 Å². The topological polar surface area (TPSA) is 86.5 Å². The van der Waals surface area contributed by atoms with Crippen LogP contribution in [0.4, 0.5) is 10.8 Å². The maximum absolute atomic E-state index is 11.4. The van der Waals surface area contributed by atoms with Crippen molar-refractivity contribution in [2.75, 3.05) is 25.1 Å². The van der Waals surface area contributed by atoms with Crippen molar-refractivity contribution in [1.82, 2.24) is 4.98 Å². The molecular formula is C13H17N3O4S. The van der Waals surface area contributed by atoms with Crippen LogP contribution in [0.3, 0.4) is 0 Å². The number of nitrogens with one attached hydrogen (secondary N) is 1. The quantitative estimate of drug-likeness (QED) is 0.622. The molecule has 0 unspecified atom stereocenters. The highest BCUT2D eigenvalue weighted by atomic mass is 32.1. The molecule has 0 aliphatic carbocycles. The molecule has 1 N–H and O–H groups in total. The van der Waals surface area contributed by atoms with Crippen LogP contribution in [0.2, 0.25) is 0 Å². The van der Waals surface area contributed by atoms with Gasteiger partial charge in [-0.15, -0.1) is 0 Å². The number of rotatable bonds is 7. The number of hydrogen-bond acceptors (Lipinski definition) is 7. The normalized spacial score (nSPS) is 10.6. The Hall–Kier alpha value is -2.09. The van der Waals surface area contributed by atoms with Gasteiger partial charge >= 0.3 is 5.69 Å². The summed E-state index contributed by atoms with van der Waals surface area (Å²) in [7, 11) is 0. The van der Waals surface area contributed by atoms with Crippen molar-refractivity contribution in [3.63, 3.8) is 0 Å². The lowest BCUT2D eigenvalue weighted by molar-refractivity contribution is -0.383. The largest absolute Gasteiger partial charge is 0.491 e. The standard InChI is InChI=1S/C13H17N3O4S/c1-4-14-13-15-10-8(19-5-2)7-9(20-6-3)11(16(17)18)12(10)21-13/h7H,4-6H2,1-3H3,(H,14,15). The highest BCUT2D eigenvalue weighted by molar-refractivity contribution is 7.22. The van der Waals surface area contributed by atoms with E-state index in [9.17, 15) is 10.1 Å². The second kappa shape index (κ2) is 6.57. The lowest BCUT2D eigenvalue weighted by atomic mass is 10.2. The zero-order chi connectivity index (χ0) is 15.4. The minimum atomic E-state index is -0.434. The Morgan fingerprint density at radius 2 is 1.95 bits per heavy atom. The van der Waals surface area contributed by atoms with Gasteiger partial charge in [0.05, 0.1) is 18.1 Å². The molecule has 0 spiro atoms. The van der Waals surface area contributed by atoms with Gasteiger partial charge in [-0.2, -0.15) is 0 Å². The molecule has 0 saturated carbocycles. The van der Waals surface area contributed by atoms with E-state index in [1.807, 2.05) is 13.8 Å². The predicted molar refractivity (Wildman–Crippen MR) is 82.8 cm³/mol. The Morgan fingerprint density at radius 1 is 1.29 bits per heavy atom. The molecule has 0 amide bonds. The monoisotopic (exact) mass is 311 g/mol. The van der Waals surface area contributed by atoms with Gasteiger partial charge in [-0.3, -0.25) is 10.1 Å². The van der Waals surface area contributed by atoms with Crippen LogP contribution >= 0.6 is 11.3 Å². The number of benzene rings is 1. The first-order valence-corrected chi connectivity index (χ1v) is 7.55. The van der Waals surface area contributed by atoms with Crippen LogP contribution in [-0.4, -0.2) is 29.7 Å². The highest BCUT2D eigenvalue weighted by Gasteiger charge is 2.26. The summed E-state index contributed by atoms with van der Waals surface area (Å²) in [5, 5.41) is 15.1. The van der Waals surface area contributed by atoms with E-state index in [2.05, 4.69) is 10.3 Å².